The first-order valence-electron chi connectivity index (χ1n) is 9.84. The Kier molecular flexibility index (Phi) is 5.15. The minimum atomic E-state index is -0.0814. The molecule has 5 nitrogen and oxygen atoms in total. The summed E-state index contributed by atoms with van der Waals surface area (Å²) < 4.78 is 2.11. The predicted molar refractivity (Wildman–Crippen MR) is 111 cm³/mol. The molecule has 0 saturated heterocycles. The smallest absolute Gasteiger partial charge is 0.227 e. The molecule has 1 atom stereocenters. The molecule has 0 aliphatic heterocycles. The standard InChI is InChI=1S/C23H25N3O2/c1-16(17-8-10-20(11-9-17)25-23(28)19-6-7-19)24-22(27)13-15-26-14-12-18-4-2-3-5-21(18)26/h2-5,8-12,14,16,19H,6-7,13,15H2,1H3,(H,24,27)(H,25,28). The predicted octanol–water partition coefficient (Wildman–Crippen LogP) is 4.26. The van der Waals surface area contributed by atoms with Crippen molar-refractivity contribution >= 4 is 28.4 Å². The Labute approximate surface area is 164 Å². The van der Waals surface area contributed by atoms with Gasteiger partial charge in [0, 0.05) is 36.3 Å². The molecule has 5 heteroatoms. The van der Waals surface area contributed by atoms with Gasteiger partial charge in [0.05, 0.1) is 6.04 Å². The third kappa shape index (κ3) is 4.25. The van der Waals surface area contributed by atoms with Crippen molar-refractivity contribution in [2.45, 2.75) is 38.8 Å². The molecular formula is C23H25N3O2. The van der Waals surface area contributed by atoms with E-state index in [1.54, 1.807) is 0 Å². The average Bonchev–Trinajstić information content (AvgIpc) is 3.48. The van der Waals surface area contributed by atoms with Gasteiger partial charge >= 0.3 is 0 Å². The van der Waals surface area contributed by atoms with Gasteiger partial charge in [-0.3, -0.25) is 9.59 Å². The van der Waals surface area contributed by atoms with Crippen molar-refractivity contribution in [1.82, 2.24) is 9.88 Å². The number of hydrogen-bond acceptors (Lipinski definition) is 2. The van der Waals surface area contributed by atoms with Crippen LogP contribution in [0.3, 0.4) is 0 Å². The molecule has 1 unspecified atom stereocenters. The third-order valence-electron chi connectivity index (χ3n) is 5.26. The first-order valence-corrected chi connectivity index (χ1v) is 9.84. The number of aryl methyl sites for hydroxylation is 1. The van der Waals surface area contributed by atoms with Crippen LogP contribution in [0.4, 0.5) is 5.69 Å². The van der Waals surface area contributed by atoms with E-state index in [0.717, 1.165) is 29.6 Å². The van der Waals surface area contributed by atoms with Crippen molar-refractivity contribution in [3.05, 3.63) is 66.4 Å². The van der Waals surface area contributed by atoms with Gasteiger partial charge in [0.1, 0.15) is 0 Å². The molecule has 0 radical (unpaired) electrons. The van der Waals surface area contributed by atoms with E-state index < -0.39 is 0 Å². The molecule has 1 fully saturated rings. The number of rotatable bonds is 7. The van der Waals surface area contributed by atoms with Gasteiger partial charge in [-0.1, -0.05) is 30.3 Å². The van der Waals surface area contributed by atoms with E-state index in [9.17, 15) is 9.59 Å². The van der Waals surface area contributed by atoms with Gasteiger partial charge in [0.2, 0.25) is 11.8 Å². The van der Waals surface area contributed by atoms with Crippen LogP contribution >= 0.6 is 0 Å². The zero-order valence-electron chi connectivity index (χ0n) is 16.0. The number of carbonyl (C=O) groups excluding carboxylic acids is 2. The largest absolute Gasteiger partial charge is 0.350 e. The number of aromatic nitrogens is 1. The lowest BCUT2D eigenvalue weighted by molar-refractivity contribution is -0.122. The molecule has 144 valence electrons. The lowest BCUT2D eigenvalue weighted by Crippen LogP contribution is -2.27. The lowest BCUT2D eigenvalue weighted by Gasteiger charge is -2.15. The monoisotopic (exact) mass is 375 g/mol. The van der Waals surface area contributed by atoms with E-state index >= 15 is 0 Å². The highest BCUT2D eigenvalue weighted by Crippen LogP contribution is 2.30. The molecule has 0 spiro atoms. The first-order chi connectivity index (χ1) is 13.6. The molecule has 0 bridgehead atoms. The fourth-order valence-electron chi connectivity index (χ4n) is 3.40. The highest BCUT2D eigenvalue weighted by atomic mass is 16.2. The van der Waals surface area contributed by atoms with Crippen LogP contribution < -0.4 is 10.6 Å². The summed E-state index contributed by atoms with van der Waals surface area (Å²) in [6.07, 6.45) is 4.44. The van der Waals surface area contributed by atoms with Crippen LogP contribution in [0.1, 0.15) is 37.8 Å². The summed E-state index contributed by atoms with van der Waals surface area (Å²) in [6.45, 7) is 2.62. The molecule has 1 aromatic heterocycles. The zero-order chi connectivity index (χ0) is 19.5. The van der Waals surface area contributed by atoms with E-state index in [0.29, 0.717) is 13.0 Å². The van der Waals surface area contributed by atoms with Crippen LogP contribution in [0.2, 0.25) is 0 Å². The Bertz CT molecular complexity index is 987. The quantitative estimate of drug-likeness (QED) is 0.648. The molecule has 1 saturated carbocycles. The topological polar surface area (TPSA) is 63.1 Å². The van der Waals surface area contributed by atoms with Crippen LogP contribution in [0.15, 0.2) is 60.8 Å². The van der Waals surface area contributed by atoms with Crippen molar-refractivity contribution in [3.63, 3.8) is 0 Å². The average molecular weight is 375 g/mol. The molecule has 1 heterocycles. The van der Waals surface area contributed by atoms with Gasteiger partial charge in [-0.25, -0.2) is 0 Å². The van der Waals surface area contributed by atoms with Crippen molar-refractivity contribution in [1.29, 1.82) is 0 Å². The molecule has 1 aliphatic carbocycles. The van der Waals surface area contributed by atoms with Gasteiger partial charge in [0.15, 0.2) is 0 Å². The van der Waals surface area contributed by atoms with Gasteiger partial charge in [-0.15, -0.1) is 0 Å². The molecular weight excluding hydrogens is 350 g/mol. The highest BCUT2D eigenvalue weighted by Gasteiger charge is 2.29. The van der Waals surface area contributed by atoms with Gasteiger partial charge in [0.25, 0.3) is 0 Å². The Balaban J connectivity index is 1.29. The molecule has 28 heavy (non-hydrogen) atoms. The normalized spacial score (nSPS) is 14.6. The minimum absolute atomic E-state index is 0.0244. The second-order valence-electron chi connectivity index (χ2n) is 7.49. The van der Waals surface area contributed by atoms with Gasteiger partial charge < -0.3 is 15.2 Å². The van der Waals surface area contributed by atoms with E-state index in [4.69, 9.17) is 0 Å². The molecule has 1 aliphatic rings. The van der Waals surface area contributed by atoms with E-state index in [2.05, 4.69) is 33.4 Å². The fourth-order valence-corrected chi connectivity index (χ4v) is 3.40. The van der Waals surface area contributed by atoms with Crippen molar-refractivity contribution < 1.29 is 9.59 Å². The maximum absolute atomic E-state index is 12.4. The first kappa shape index (κ1) is 18.3. The van der Waals surface area contributed by atoms with Gasteiger partial charge in [-0.05, 0) is 55.0 Å². The number of nitrogens with one attached hydrogen (secondary N) is 2. The summed E-state index contributed by atoms with van der Waals surface area (Å²) in [5.41, 5.74) is 2.97. The summed E-state index contributed by atoms with van der Waals surface area (Å²) in [5, 5.41) is 7.17. The van der Waals surface area contributed by atoms with Crippen molar-refractivity contribution in [3.8, 4) is 0 Å². The van der Waals surface area contributed by atoms with Gasteiger partial charge in [-0.2, -0.15) is 0 Å². The Morgan fingerprint density at radius 3 is 2.57 bits per heavy atom. The number of amides is 2. The van der Waals surface area contributed by atoms with Crippen LogP contribution in [0, 0.1) is 5.92 Å². The molecule has 2 amide bonds. The number of carbonyl (C=O) groups is 2. The molecule has 3 aromatic rings. The molecule has 2 aromatic carbocycles. The number of para-hydroxylation sites is 1. The molecule has 4 rings (SSSR count). The number of fused-ring (bicyclic) bond motifs is 1. The SMILES string of the molecule is CC(NC(=O)CCn1ccc2ccccc21)c1ccc(NC(=O)C2CC2)cc1. The Hall–Kier alpha value is -3.08. The van der Waals surface area contributed by atoms with E-state index in [1.807, 2.05) is 49.5 Å². The summed E-state index contributed by atoms with van der Waals surface area (Å²) in [4.78, 5) is 24.2. The van der Waals surface area contributed by atoms with Crippen LogP contribution in [-0.4, -0.2) is 16.4 Å². The fraction of sp³-hybridized carbons (Fsp3) is 0.304. The maximum atomic E-state index is 12.4. The van der Waals surface area contributed by atoms with Crippen molar-refractivity contribution in [2.75, 3.05) is 5.32 Å². The van der Waals surface area contributed by atoms with Crippen molar-refractivity contribution in [2.24, 2.45) is 5.92 Å². The second kappa shape index (κ2) is 7.89. The number of nitrogens with zero attached hydrogens (tertiary/aromatic N) is 1. The summed E-state index contributed by atoms with van der Waals surface area (Å²) in [6, 6.07) is 17.8. The summed E-state index contributed by atoms with van der Waals surface area (Å²) >= 11 is 0. The third-order valence-corrected chi connectivity index (χ3v) is 5.26. The van der Waals surface area contributed by atoms with E-state index in [-0.39, 0.29) is 23.8 Å². The zero-order valence-corrected chi connectivity index (χ0v) is 16.0. The Morgan fingerprint density at radius 2 is 1.82 bits per heavy atom. The summed E-state index contributed by atoms with van der Waals surface area (Å²) in [5.74, 6) is 0.318. The van der Waals surface area contributed by atoms with Crippen LogP contribution in [0.25, 0.3) is 10.9 Å². The molecule has 2 N–H and O–H groups in total. The minimum Gasteiger partial charge on any atom is -0.350 e. The number of anilines is 1. The van der Waals surface area contributed by atoms with Crippen LogP contribution in [0.5, 0.6) is 0 Å². The van der Waals surface area contributed by atoms with E-state index in [1.165, 1.54) is 5.39 Å². The highest BCUT2D eigenvalue weighted by molar-refractivity contribution is 5.94. The lowest BCUT2D eigenvalue weighted by atomic mass is 10.1. The number of hydrogen-bond donors (Lipinski definition) is 2. The Morgan fingerprint density at radius 1 is 1.07 bits per heavy atom. The van der Waals surface area contributed by atoms with Crippen LogP contribution in [-0.2, 0) is 16.1 Å². The second-order valence-corrected chi connectivity index (χ2v) is 7.49. The number of benzene rings is 2. The summed E-state index contributed by atoms with van der Waals surface area (Å²) in [7, 11) is 0. The maximum Gasteiger partial charge on any atom is 0.227 e.